The highest BCUT2D eigenvalue weighted by molar-refractivity contribution is 7.17. The van der Waals surface area contributed by atoms with Crippen molar-refractivity contribution in [3.63, 3.8) is 0 Å². The summed E-state index contributed by atoms with van der Waals surface area (Å²) in [5.74, 6) is -0.124. The Hall–Kier alpha value is -1.17. The second-order valence-electron chi connectivity index (χ2n) is 4.36. The maximum atomic E-state index is 11.9. The second-order valence-corrected chi connectivity index (χ2v) is 5.33. The van der Waals surface area contributed by atoms with Crippen molar-refractivity contribution < 1.29 is 4.79 Å². The molecule has 0 aliphatic carbocycles. The Morgan fingerprint density at radius 3 is 2.78 bits per heavy atom. The molecule has 1 rings (SSSR count). The van der Waals surface area contributed by atoms with Crippen LogP contribution in [0.3, 0.4) is 0 Å². The molecule has 1 amide bonds. The van der Waals surface area contributed by atoms with Crippen LogP contribution >= 0.6 is 11.3 Å². The number of aromatic nitrogens is 2. The van der Waals surface area contributed by atoms with Crippen molar-refractivity contribution in [1.29, 1.82) is 0 Å². The third-order valence-corrected chi connectivity index (χ3v) is 3.39. The van der Waals surface area contributed by atoms with Gasteiger partial charge in [0.05, 0.1) is 0 Å². The fourth-order valence-electron chi connectivity index (χ4n) is 1.49. The van der Waals surface area contributed by atoms with Crippen LogP contribution in [0.5, 0.6) is 0 Å². The lowest BCUT2D eigenvalue weighted by molar-refractivity contribution is 0.0937. The number of nitrogens with zero attached hydrogens (tertiary/aromatic N) is 2. The fraction of sp³-hybridized carbons (Fsp3) is 0.750. The van der Waals surface area contributed by atoms with Crippen LogP contribution in [-0.4, -0.2) is 28.7 Å². The van der Waals surface area contributed by atoms with Crippen LogP contribution in [0.15, 0.2) is 0 Å². The lowest BCUT2D eigenvalue weighted by Crippen LogP contribution is -2.32. The van der Waals surface area contributed by atoms with Crippen molar-refractivity contribution in [2.75, 3.05) is 11.9 Å². The lowest BCUT2D eigenvalue weighted by Gasteiger charge is -2.11. The van der Waals surface area contributed by atoms with E-state index in [0.717, 1.165) is 32.2 Å². The molecule has 1 aromatic rings. The maximum Gasteiger partial charge on any atom is 0.282 e. The molecule has 0 radical (unpaired) electrons. The van der Waals surface area contributed by atoms with Gasteiger partial charge < -0.3 is 10.6 Å². The molecule has 5 nitrogen and oxygen atoms in total. The van der Waals surface area contributed by atoms with Crippen molar-refractivity contribution in [2.45, 2.75) is 52.5 Å². The molecular formula is C12H22N4OS. The highest BCUT2D eigenvalue weighted by Crippen LogP contribution is 2.15. The largest absolute Gasteiger partial charge is 0.360 e. The number of amides is 1. The van der Waals surface area contributed by atoms with Crippen molar-refractivity contribution in [3.8, 4) is 0 Å². The molecule has 0 bridgehead atoms. The Morgan fingerprint density at radius 1 is 1.33 bits per heavy atom. The van der Waals surface area contributed by atoms with E-state index in [1.165, 1.54) is 11.3 Å². The van der Waals surface area contributed by atoms with E-state index in [0.29, 0.717) is 10.1 Å². The van der Waals surface area contributed by atoms with Gasteiger partial charge in [-0.05, 0) is 19.8 Å². The van der Waals surface area contributed by atoms with E-state index >= 15 is 0 Å². The molecule has 0 saturated carbocycles. The molecule has 0 aliphatic rings. The SMILES string of the molecule is CCCCC(C)NC(=O)c1nnc(NCCC)s1. The number of carbonyl (C=O) groups excluding carboxylic acids is 1. The first-order valence-electron chi connectivity index (χ1n) is 6.55. The molecular weight excluding hydrogens is 248 g/mol. The number of hydrogen-bond acceptors (Lipinski definition) is 5. The van der Waals surface area contributed by atoms with Gasteiger partial charge in [0.25, 0.3) is 5.91 Å². The summed E-state index contributed by atoms with van der Waals surface area (Å²) >= 11 is 1.30. The van der Waals surface area contributed by atoms with E-state index in [4.69, 9.17) is 0 Å². The first kappa shape index (κ1) is 14.9. The Bertz CT molecular complexity index is 367. The number of hydrogen-bond donors (Lipinski definition) is 2. The summed E-state index contributed by atoms with van der Waals surface area (Å²) in [5, 5.41) is 15.0. The predicted octanol–water partition coefficient (Wildman–Crippen LogP) is 2.67. The van der Waals surface area contributed by atoms with Crippen LogP contribution in [0, 0.1) is 0 Å². The predicted molar refractivity (Wildman–Crippen MR) is 75.1 cm³/mol. The smallest absolute Gasteiger partial charge is 0.282 e. The van der Waals surface area contributed by atoms with Crippen LogP contribution in [0.2, 0.25) is 0 Å². The summed E-state index contributed by atoms with van der Waals surface area (Å²) in [5.41, 5.74) is 0. The highest BCUT2D eigenvalue weighted by atomic mass is 32.1. The summed E-state index contributed by atoms with van der Waals surface area (Å²) in [6, 6.07) is 0.188. The van der Waals surface area contributed by atoms with E-state index in [9.17, 15) is 4.79 Å². The summed E-state index contributed by atoms with van der Waals surface area (Å²) in [6.07, 6.45) is 4.29. The van der Waals surface area contributed by atoms with Crippen LogP contribution in [-0.2, 0) is 0 Å². The van der Waals surface area contributed by atoms with Crippen molar-refractivity contribution in [1.82, 2.24) is 15.5 Å². The molecule has 0 aliphatic heterocycles. The van der Waals surface area contributed by atoms with Crippen LogP contribution in [0.1, 0.15) is 56.3 Å². The molecule has 1 atom stereocenters. The third-order valence-electron chi connectivity index (χ3n) is 2.51. The van der Waals surface area contributed by atoms with Gasteiger partial charge in [0, 0.05) is 12.6 Å². The molecule has 0 fully saturated rings. The summed E-state index contributed by atoms with van der Waals surface area (Å²) in [7, 11) is 0. The molecule has 102 valence electrons. The second kappa shape index (κ2) is 8.02. The van der Waals surface area contributed by atoms with Gasteiger partial charge in [-0.25, -0.2) is 0 Å². The van der Waals surface area contributed by atoms with Crippen molar-refractivity contribution in [2.24, 2.45) is 0 Å². The molecule has 18 heavy (non-hydrogen) atoms. The van der Waals surface area contributed by atoms with Crippen molar-refractivity contribution in [3.05, 3.63) is 5.01 Å². The molecule has 0 spiro atoms. The minimum absolute atomic E-state index is 0.124. The normalized spacial score (nSPS) is 12.2. The van der Waals surface area contributed by atoms with Crippen LogP contribution in [0.25, 0.3) is 0 Å². The standard InChI is InChI=1S/C12H22N4OS/c1-4-6-7-9(3)14-10(17)11-15-16-12(18-11)13-8-5-2/h9H,4-8H2,1-3H3,(H,13,16)(H,14,17). The minimum atomic E-state index is -0.124. The summed E-state index contributed by atoms with van der Waals surface area (Å²) in [6.45, 7) is 7.09. The van der Waals surface area contributed by atoms with Crippen molar-refractivity contribution >= 4 is 22.4 Å². The number of unbranched alkanes of at least 4 members (excludes halogenated alkanes) is 1. The number of nitrogens with one attached hydrogen (secondary N) is 2. The van der Waals surface area contributed by atoms with E-state index in [2.05, 4.69) is 34.7 Å². The van der Waals surface area contributed by atoms with Crippen LogP contribution in [0.4, 0.5) is 5.13 Å². The molecule has 2 N–H and O–H groups in total. The molecule has 1 heterocycles. The van der Waals surface area contributed by atoms with Gasteiger partial charge in [0.1, 0.15) is 0 Å². The van der Waals surface area contributed by atoms with E-state index in [1.54, 1.807) is 0 Å². The van der Waals surface area contributed by atoms with E-state index in [1.807, 2.05) is 6.92 Å². The topological polar surface area (TPSA) is 66.9 Å². The highest BCUT2D eigenvalue weighted by Gasteiger charge is 2.14. The first-order valence-corrected chi connectivity index (χ1v) is 7.37. The average molecular weight is 270 g/mol. The summed E-state index contributed by atoms with van der Waals surface area (Å²) in [4.78, 5) is 11.9. The Balaban J connectivity index is 2.43. The molecule has 1 aromatic heterocycles. The summed E-state index contributed by atoms with van der Waals surface area (Å²) < 4.78 is 0. The van der Waals surface area contributed by atoms with Crippen LogP contribution < -0.4 is 10.6 Å². The zero-order chi connectivity index (χ0) is 13.4. The Kier molecular flexibility index (Phi) is 6.64. The van der Waals surface area contributed by atoms with Gasteiger partial charge in [-0.2, -0.15) is 0 Å². The van der Waals surface area contributed by atoms with Gasteiger partial charge in [-0.1, -0.05) is 38.0 Å². The molecule has 1 unspecified atom stereocenters. The Morgan fingerprint density at radius 2 is 2.11 bits per heavy atom. The van der Waals surface area contributed by atoms with Gasteiger partial charge >= 0.3 is 0 Å². The minimum Gasteiger partial charge on any atom is -0.360 e. The third kappa shape index (κ3) is 5.00. The van der Waals surface area contributed by atoms with E-state index < -0.39 is 0 Å². The monoisotopic (exact) mass is 270 g/mol. The zero-order valence-electron chi connectivity index (χ0n) is 11.3. The van der Waals surface area contributed by atoms with Gasteiger partial charge in [-0.15, -0.1) is 10.2 Å². The average Bonchev–Trinajstić information content (AvgIpc) is 2.82. The Labute approximate surface area is 112 Å². The van der Waals surface area contributed by atoms with Gasteiger partial charge in [-0.3, -0.25) is 4.79 Å². The van der Waals surface area contributed by atoms with Gasteiger partial charge in [0.15, 0.2) is 0 Å². The lowest BCUT2D eigenvalue weighted by atomic mass is 10.1. The quantitative estimate of drug-likeness (QED) is 0.762. The zero-order valence-corrected chi connectivity index (χ0v) is 12.1. The maximum absolute atomic E-state index is 11.9. The molecule has 0 saturated heterocycles. The number of carbonyl (C=O) groups is 1. The first-order chi connectivity index (χ1) is 8.67. The fourth-order valence-corrected chi connectivity index (χ4v) is 2.16. The molecule has 0 aromatic carbocycles. The molecule has 6 heteroatoms. The van der Waals surface area contributed by atoms with E-state index in [-0.39, 0.29) is 11.9 Å². The van der Waals surface area contributed by atoms with Gasteiger partial charge in [0.2, 0.25) is 10.1 Å². The number of rotatable bonds is 8. The number of anilines is 1.